The van der Waals surface area contributed by atoms with E-state index in [0.29, 0.717) is 81.6 Å². The summed E-state index contributed by atoms with van der Waals surface area (Å²) in [7, 11) is 1.00. The lowest BCUT2D eigenvalue weighted by molar-refractivity contribution is -0.385. The fourth-order valence-corrected chi connectivity index (χ4v) is 12.4. The molecular weight excluding hydrogens is 1400 g/mol. The van der Waals surface area contributed by atoms with Gasteiger partial charge >= 0.3 is 30.0 Å². The molecule has 0 spiro atoms. The molecule has 12 heterocycles. The van der Waals surface area contributed by atoms with Crippen LogP contribution in [0.25, 0.3) is 31.7 Å². The quantitative estimate of drug-likeness (QED) is 0.0847. The van der Waals surface area contributed by atoms with Gasteiger partial charge in [-0.05, 0) is 104 Å². The fraction of sp³-hybridized carbons (Fsp3) is 0.188. The second-order valence-electron chi connectivity index (χ2n) is 22.3. The molecule has 0 radical (unpaired) electrons. The lowest BCUT2D eigenvalue weighted by Gasteiger charge is -2.19. The van der Waals surface area contributed by atoms with E-state index in [9.17, 15) is 57.4 Å². The highest BCUT2D eigenvalue weighted by molar-refractivity contribution is 7.14. The number of nitro groups is 2. The highest BCUT2D eigenvalue weighted by Crippen LogP contribution is 2.35. The van der Waals surface area contributed by atoms with Crippen LogP contribution in [-0.4, -0.2) is 118 Å². The first-order valence-electron chi connectivity index (χ1n) is 30.8. The third kappa shape index (κ3) is 18.6. The molecule has 0 aliphatic carbocycles. The highest BCUT2D eigenvalue weighted by Gasteiger charge is 2.44. The standard InChI is InChI=1S/C23H15N3O6S.C18H15N5O3S.C18H17N5OS.C9H8F3N3O.CH4O/c27-22(31-16-8-3-1-4-9-16)25(23(28)32-17-10-5-2-6-11-17)21-19(26(29)30)14-13-18(24-21)20-12-7-15-33-20;1-11-19-8-12-9-22(10-15(12)20-11)18(24)7-14-16(23(25)26)5-4-13(21-14)17-3-2-6-27-17;1-11-20-8-12-9-23(10-16(12)21-11)18(24)7-15-13(19)4-5-14(22-15)17-3-2-6-25-17;1-5-13-2-6-3-15(4-7(6)14-5)8(16)9(10,11)12;1-2/h1-15H;2-6,8H,7,9-10H2,1H3;2-6,8H,7,9-10,19H2,1H3;2H,3-4H2,1H3;2H,1H3. The number of aryl methyl sites for hydroxylation is 3. The Kier molecular flexibility index (Phi) is 23.7. The van der Waals surface area contributed by atoms with Crippen LogP contribution >= 0.6 is 34.0 Å². The summed E-state index contributed by atoms with van der Waals surface area (Å²) in [5.74, 6) is -0.431. The van der Waals surface area contributed by atoms with Crippen molar-refractivity contribution in [2.24, 2.45) is 0 Å². The topological polar surface area (TPSA) is 365 Å². The number of nitrogen functional groups attached to an aromatic ring is 1. The zero-order valence-electron chi connectivity index (χ0n) is 54.9. The van der Waals surface area contributed by atoms with Crippen LogP contribution in [0.1, 0.15) is 62.6 Å². The normalized spacial score (nSPS) is 12.3. The number of fused-ring (bicyclic) bond motifs is 3. The predicted octanol–water partition coefficient (Wildman–Crippen LogP) is 12.2. The van der Waals surface area contributed by atoms with Gasteiger partial charge in [0, 0.05) is 74.2 Å². The number of rotatable bonds is 12. The Morgan fingerprint density at radius 2 is 0.883 bits per heavy atom. The number of carbonyl (C=O) groups excluding carboxylic acids is 5. The van der Waals surface area contributed by atoms with E-state index in [4.69, 9.17) is 20.3 Å². The molecule has 11 aromatic rings. The van der Waals surface area contributed by atoms with Gasteiger partial charge in [0.2, 0.25) is 17.6 Å². The first kappa shape index (κ1) is 73.4. The molecule has 3 aliphatic rings. The number of amides is 5. The number of imide groups is 1. The maximum Gasteiger partial charge on any atom is 0.471 e. The number of halogens is 3. The number of ether oxygens (including phenoxy) is 2. The smallest absolute Gasteiger partial charge is 0.410 e. The third-order valence-electron chi connectivity index (χ3n) is 15.2. The Bertz CT molecular complexity index is 4840. The van der Waals surface area contributed by atoms with Crippen molar-refractivity contribution in [3.63, 3.8) is 0 Å². The van der Waals surface area contributed by atoms with Crippen LogP contribution in [-0.2, 0) is 66.5 Å². The molecule has 14 rings (SSSR count). The van der Waals surface area contributed by atoms with E-state index < -0.39 is 45.6 Å². The van der Waals surface area contributed by atoms with E-state index in [1.54, 1.807) is 102 Å². The molecule has 9 aromatic heterocycles. The van der Waals surface area contributed by atoms with E-state index in [1.165, 1.54) is 71.3 Å². The van der Waals surface area contributed by atoms with E-state index in [1.807, 2.05) is 59.5 Å². The highest BCUT2D eigenvalue weighted by atomic mass is 32.1. The van der Waals surface area contributed by atoms with Gasteiger partial charge in [-0.1, -0.05) is 54.6 Å². The average molecular weight is 1460 g/mol. The summed E-state index contributed by atoms with van der Waals surface area (Å²) < 4.78 is 47.1. The Morgan fingerprint density at radius 1 is 0.505 bits per heavy atom. The average Bonchev–Trinajstić information content (AvgIpc) is 1.60. The molecule has 0 atom stereocenters. The Balaban J connectivity index is 0.000000150. The Hall–Kier alpha value is -12.3. The number of thiophene rings is 3. The van der Waals surface area contributed by atoms with Gasteiger partial charge in [0.15, 0.2) is 0 Å². The van der Waals surface area contributed by atoms with Crippen LogP contribution in [0, 0.1) is 41.0 Å². The number of nitrogens with two attached hydrogens (primary N) is 1. The number of aromatic nitrogens is 9. The number of hydrogen-bond acceptors (Lipinski definition) is 25. The molecule has 2 aromatic carbocycles. The molecule has 103 heavy (non-hydrogen) atoms. The minimum Gasteiger partial charge on any atom is -0.410 e. The number of para-hydroxylation sites is 2. The molecule has 3 N–H and O–H groups in total. The molecule has 5 amide bonds. The molecular formula is C69H59F3N16O12S3. The number of aliphatic hydroxyl groups is 1. The lowest BCUT2D eigenvalue weighted by Crippen LogP contribution is -2.42. The molecule has 34 heteroatoms. The summed E-state index contributed by atoms with van der Waals surface area (Å²) in [6.45, 7) is 6.98. The van der Waals surface area contributed by atoms with Crippen LogP contribution in [0.3, 0.4) is 0 Å². The molecule has 0 unspecified atom stereocenters. The van der Waals surface area contributed by atoms with Crippen LogP contribution in [0.5, 0.6) is 11.5 Å². The Morgan fingerprint density at radius 3 is 1.29 bits per heavy atom. The molecule has 0 saturated carbocycles. The van der Waals surface area contributed by atoms with Gasteiger partial charge in [-0.25, -0.2) is 54.4 Å². The van der Waals surface area contributed by atoms with Crippen molar-refractivity contribution in [3.05, 3.63) is 251 Å². The van der Waals surface area contributed by atoms with Gasteiger partial charge in [0.1, 0.15) is 34.7 Å². The molecule has 0 fully saturated rings. The van der Waals surface area contributed by atoms with Gasteiger partial charge in [0.25, 0.3) is 5.69 Å². The second-order valence-corrected chi connectivity index (χ2v) is 25.1. The fourth-order valence-electron chi connectivity index (χ4n) is 10.3. The van der Waals surface area contributed by atoms with Gasteiger partial charge in [0.05, 0.1) is 102 Å². The van der Waals surface area contributed by atoms with Gasteiger partial charge in [-0.15, -0.1) is 34.0 Å². The van der Waals surface area contributed by atoms with Crippen LogP contribution in [0.15, 0.2) is 168 Å². The molecule has 3 aliphatic heterocycles. The molecule has 28 nitrogen and oxygen atoms in total. The van der Waals surface area contributed by atoms with Crippen molar-refractivity contribution in [3.8, 4) is 43.2 Å². The van der Waals surface area contributed by atoms with Crippen molar-refractivity contribution in [2.45, 2.75) is 79.1 Å². The van der Waals surface area contributed by atoms with Gasteiger partial charge < -0.3 is 35.0 Å². The molecule has 0 bridgehead atoms. The SMILES string of the molecule is CO.Cc1ncc2c(n1)CN(C(=O)C(F)(F)F)C2.Cc1ncc2c(n1)CN(C(=O)Cc1nc(-c3cccs3)ccc1N)C2.Cc1ncc2c(n1)CN(C(=O)Cc1nc(-c3cccs3)ccc1[N+](=O)[O-])C2.O=C(Oc1ccccc1)N(C(=O)Oc1ccccc1)c1nc(-c2cccs2)ccc1[N+](=O)[O-]. The van der Waals surface area contributed by atoms with Crippen molar-refractivity contribution < 1.29 is 61.6 Å². The molecule has 526 valence electrons. The first-order chi connectivity index (χ1) is 49.5. The van der Waals surface area contributed by atoms with Crippen molar-refractivity contribution >= 4 is 86.8 Å². The minimum absolute atomic E-state index is 0.00168. The van der Waals surface area contributed by atoms with Crippen molar-refractivity contribution in [1.82, 2.24) is 59.6 Å². The number of aliphatic hydroxyl groups excluding tert-OH is 1. The number of hydrogen-bond donors (Lipinski definition) is 2. The predicted molar refractivity (Wildman–Crippen MR) is 372 cm³/mol. The largest absolute Gasteiger partial charge is 0.471 e. The number of benzene rings is 2. The summed E-state index contributed by atoms with van der Waals surface area (Å²) in [6.07, 6.45) is -2.20. The monoisotopic (exact) mass is 1460 g/mol. The van der Waals surface area contributed by atoms with E-state index >= 15 is 0 Å². The van der Waals surface area contributed by atoms with Gasteiger partial charge in [-0.2, -0.15) is 18.1 Å². The van der Waals surface area contributed by atoms with Crippen LogP contribution in [0.4, 0.5) is 45.6 Å². The zero-order chi connectivity index (χ0) is 73.5. The summed E-state index contributed by atoms with van der Waals surface area (Å²) in [4.78, 5) is 130. The van der Waals surface area contributed by atoms with E-state index in [0.717, 1.165) is 55.8 Å². The second kappa shape index (κ2) is 33.3. The number of pyridine rings is 3. The summed E-state index contributed by atoms with van der Waals surface area (Å²) in [5, 5.41) is 35.8. The summed E-state index contributed by atoms with van der Waals surface area (Å²) in [5.41, 5.74) is 13.2. The number of alkyl halides is 3. The number of anilines is 2. The third-order valence-corrected chi connectivity index (χ3v) is 17.9. The van der Waals surface area contributed by atoms with Crippen LogP contribution < -0.4 is 20.1 Å². The lowest BCUT2D eigenvalue weighted by atomic mass is 10.2. The zero-order valence-corrected chi connectivity index (χ0v) is 57.4. The Labute approximate surface area is 595 Å². The van der Waals surface area contributed by atoms with E-state index in [-0.39, 0.29) is 60.6 Å². The summed E-state index contributed by atoms with van der Waals surface area (Å²) >= 11 is 4.46. The molecule has 0 saturated heterocycles. The van der Waals surface area contributed by atoms with Crippen LogP contribution in [0.2, 0.25) is 0 Å². The minimum atomic E-state index is -4.83. The number of nitrogens with zero attached hydrogens (tertiary/aromatic N) is 15. The maximum atomic E-state index is 13.1. The van der Waals surface area contributed by atoms with Crippen molar-refractivity contribution in [1.29, 1.82) is 0 Å². The van der Waals surface area contributed by atoms with Crippen molar-refractivity contribution in [2.75, 3.05) is 17.7 Å². The number of carbonyl (C=O) groups is 5. The maximum absolute atomic E-state index is 13.1. The summed E-state index contributed by atoms with van der Waals surface area (Å²) in [6, 6.07) is 36.6. The van der Waals surface area contributed by atoms with E-state index in [2.05, 4.69) is 44.9 Å². The first-order valence-corrected chi connectivity index (χ1v) is 33.5. The van der Waals surface area contributed by atoms with Gasteiger partial charge in [-0.3, -0.25) is 34.6 Å².